The van der Waals surface area contributed by atoms with Crippen LogP contribution in [0, 0.1) is 5.92 Å². The molecule has 1 aromatic heterocycles. The van der Waals surface area contributed by atoms with E-state index in [-0.39, 0.29) is 23.9 Å². The van der Waals surface area contributed by atoms with Crippen LogP contribution in [0.5, 0.6) is 0 Å². The molecule has 3 rings (SSSR count). The van der Waals surface area contributed by atoms with Crippen molar-refractivity contribution in [3.63, 3.8) is 0 Å². The van der Waals surface area contributed by atoms with E-state index in [1.54, 1.807) is 12.1 Å². The van der Waals surface area contributed by atoms with Crippen LogP contribution in [0.2, 0.25) is 0 Å². The van der Waals surface area contributed by atoms with Gasteiger partial charge in [0.25, 0.3) is 0 Å². The summed E-state index contributed by atoms with van der Waals surface area (Å²) in [5.41, 5.74) is 0.871. The molecule has 1 N–H and O–H groups in total. The molecule has 0 radical (unpaired) electrons. The number of sulfonamides is 1. The van der Waals surface area contributed by atoms with Gasteiger partial charge >= 0.3 is 5.97 Å². The number of aromatic nitrogens is 2. The second-order valence-corrected chi connectivity index (χ2v) is 8.32. The molecule has 0 spiro atoms. The molecule has 1 aliphatic rings. The smallest absolute Gasteiger partial charge is 0.325 e. The topological polar surface area (TPSA) is 119 Å². The quantitative estimate of drug-likeness (QED) is 0.723. The molecule has 9 nitrogen and oxygen atoms in total. The lowest BCUT2D eigenvalue weighted by Crippen LogP contribution is -2.46. The van der Waals surface area contributed by atoms with Gasteiger partial charge in [-0.3, -0.25) is 9.59 Å². The Morgan fingerprint density at radius 1 is 1.38 bits per heavy atom. The van der Waals surface area contributed by atoms with E-state index in [4.69, 9.17) is 0 Å². The van der Waals surface area contributed by atoms with Gasteiger partial charge in [-0.05, 0) is 25.0 Å². The number of ether oxygens (including phenoxy) is 1. The Morgan fingerprint density at radius 3 is 2.96 bits per heavy atom. The molecule has 2 heterocycles. The van der Waals surface area contributed by atoms with Crippen LogP contribution in [-0.4, -0.2) is 60.1 Å². The number of carbonyl (C=O) groups excluding carboxylic acids is 2. The van der Waals surface area contributed by atoms with Crippen LogP contribution in [0.3, 0.4) is 0 Å². The van der Waals surface area contributed by atoms with E-state index in [1.807, 2.05) is 0 Å². The molecule has 2 aromatic rings. The average Bonchev–Trinajstić information content (AvgIpc) is 3.14. The molecular formula is C15H18N4O5S2. The standard InChI is InChI=1S/C15H18N4O5S2/c1-24-13(20)8-16-15(21)10-4-3-7-19(9-10)26(22,23)12-6-2-5-11-14(12)18-25-17-11/h2,5-6,10H,3-4,7-9H2,1H3,(H,16,21)/t10-/m0/s1. The van der Waals surface area contributed by atoms with Crippen LogP contribution in [0.25, 0.3) is 11.0 Å². The molecule has 140 valence electrons. The maximum atomic E-state index is 13.0. The van der Waals surface area contributed by atoms with Gasteiger partial charge in [0.2, 0.25) is 15.9 Å². The van der Waals surface area contributed by atoms with Crippen molar-refractivity contribution >= 4 is 44.7 Å². The number of carbonyl (C=O) groups is 2. The SMILES string of the molecule is COC(=O)CNC(=O)[C@H]1CCCN(S(=O)(=O)c2cccc3nsnc23)C1. The first kappa shape index (κ1) is 18.7. The van der Waals surface area contributed by atoms with Crippen molar-refractivity contribution in [3.8, 4) is 0 Å². The number of benzene rings is 1. The normalized spacial score (nSPS) is 18.6. The zero-order valence-electron chi connectivity index (χ0n) is 14.0. The maximum Gasteiger partial charge on any atom is 0.325 e. The molecule has 1 aliphatic heterocycles. The van der Waals surface area contributed by atoms with E-state index < -0.39 is 21.9 Å². The maximum absolute atomic E-state index is 13.0. The Bertz CT molecular complexity index is 927. The molecule has 0 saturated carbocycles. The molecule has 11 heteroatoms. The minimum Gasteiger partial charge on any atom is -0.468 e. The number of amides is 1. The summed E-state index contributed by atoms with van der Waals surface area (Å²) in [7, 11) is -2.56. The van der Waals surface area contributed by atoms with Crippen LogP contribution in [0.4, 0.5) is 0 Å². The summed E-state index contributed by atoms with van der Waals surface area (Å²) in [6, 6.07) is 4.83. The van der Waals surface area contributed by atoms with Gasteiger partial charge in [0.1, 0.15) is 22.5 Å². The molecule has 0 bridgehead atoms. The lowest BCUT2D eigenvalue weighted by molar-refractivity contribution is -0.141. The zero-order chi connectivity index (χ0) is 18.7. The van der Waals surface area contributed by atoms with Gasteiger partial charge in [-0.2, -0.15) is 13.1 Å². The van der Waals surface area contributed by atoms with Crippen LogP contribution in [0.1, 0.15) is 12.8 Å². The highest BCUT2D eigenvalue weighted by molar-refractivity contribution is 7.89. The number of fused-ring (bicyclic) bond motifs is 1. The van der Waals surface area contributed by atoms with Gasteiger partial charge in [0, 0.05) is 13.1 Å². The monoisotopic (exact) mass is 398 g/mol. The number of hydrogen-bond donors (Lipinski definition) is 1. The first-order valence-electron chi connectivity index (χ1n) is 7.99. The average molecular weight is 398 g/mol. The molecule has 1 atom stereocenters. The lowest BCUT2D eigenvalue weighted by atomic mass is 9.99. The van der Waals surface area contributed by atoms with Crippen LogP contribution in [-0.2, 0) is 24.3 Å². The number of piperidine rings is 1. The fourth-order valence-electron chi connectivity index (χ4n) is 2.88. The van der Waals surface area contributed by atoms with Crippen LogP contribution in [0.15, 0.2) is 23.1 Å². The summed E-state index contributed by atoms with van der Waals surface area (Å²) in [6.07, 6.45) is 1.11. The van der Waals surface area contributed by atoms with E-state index in [9.17, 15) is 18.0 Å². The summed E-state index contributed by atoms with van der Waals surface area (Å²) in [5, 5.41) is 2.48. The predicted molar refractivity (Wildman–Crippen MR) is 93.9 cm³/mol. The van der Waals surface area contributed by atoms with Crippen molar-refractivity contribution in [1.29, 1.82) is 0 Å². The van der Waals surface area contributed by atoms with Crippen molar-refractivity contribution in [2.24, 2.45) is 5.92 Å². The number of rotatable bonds is 5. The highest BCUT2D eigenvalue weighted by atomic mass is 32.2. The van der Waals surface area contributed by atoms with Gasteiger partial charge in [-0.25, -0.2) is 8.42 Å². The van der Waals surface area contributed by atoms with E-state index in [0.717, 1.165) is 11.7 Å². The van der Waals surface area contributed by atoms with Crippen molar-refractivity contribution in [2.45, 2.75) is 17.7 Å². The van der Waals surface area contributed by atoms with E-state index in [2.05, 4.69) is 18.8 Å². The largest absolute Gasteiger partial charge is 0.468 e. The van der Waals surface area contributed by atoms with Crippen LogP contribution < -0.4 is 5.32 Å². The Kier molecular flexibility index (Phi) is 5.49. The third kappa shape index (κ3) is 3.69. The number of nitrogens with zero attached hydrogens (tertiary/aromatic N) is 3. The Labute approximate surface area is 154 Å². The summed E-state index contributed by atoms with van der Waals surface area (Å²) < 4.78 is 40.0. The van der Waals surface area contributed by atoms with Gasteiger partial charge in [-0.15, -0.1) is 0 Å². The second-order valence-electron chi connectivity index (χ2n) is 5.88. The van der Waals surface area contributed by atoms with Crippen molar-refractivity contribution in [2.75, 3.05) is 26.7 Å². The van der Waals surface area contributed by atoms with Gasteiger partial charge in [-0.1, -0.05) is 6.07 Å². The van der Waals surface area contributed by atoms with Gasteiger partial charge < -0.3 is 10.1 Å². The van der Waals surface area contributed by atoms with Gasteiger partial charge in [0.15, 0.2) is 0 Å². The second kappa shape index (κ2) is 7.64. The number of esters is 1. The third-order valence-corrected chi connectivity index (χ3v) is 6.70. The molecule has 0 unspecified atom stereocenters. The number of nitrogens with one attached hydrogen (secondary N) is 1. The third-order valence-electron chi connectivity index (χ3n) is 4.26. The Hall–Kier alpha value is -2.11. The van der Waals surface area contributed by atoms with E-state index in [0.29, 0.717) is 30.4 Å². The summed E-state index contributed by atoms with van der Waals surface area (Å²) in [6.45, 7) is 0.156. The molecular weight excluding hydrogens is 380 g/mol. The summed E-state index contributed by atoms with van der Waals surface area (Å²) >= 11 is 0.956. The molecule has 0 aliphatic carbocycles. The summed E-state index contributed by atoms with van der Waals surface area (Å²) in [4.78, 5) is 23.5. The fraction of sp³-hybridized carbons (Fsp3) is 0.467. The van der Waals surface area contributed by atoms with Crippen molar-refractivity contribution in [3.05, 3.63) is 18.2 Å². The van der Waals surface area contributed by atoms with Crippen LogP contribution >= 0.6 is 11.7 Å². The highest BCUT2D eigenvalue weighted by Crippen LogP contribution is 2.28. The Balaban J connectivity index is 1.77. The van der Waals surface area contributed by atoms with Crippen molar-refractivity contribution < 1.29 is 22.7 Å². The highest BCUT2D eigenvalue weighted by Gasteiger charge is 2.34. The zero-order valence-corrected chi connectivity index (χ0v) is 15.7. The molecule has 1 fully saturated rings. The summed E-state index contributed by atoms with van der Waals surface area (Å²) in [5.74, 6) is -1.43. The fourth-order valence-corrected chi connectivity index (χ4v) is 5.16. The lowest BCUT2D eigenvalue weighted by Gasteiger charge is -2.31. The number of hydrogen-bond acceptors (Lipinski definition) is 8. The van der Waals surface area contributed by atoms with E-state index >= 15 is 0 Å². The predicted octanol–water partition coefficient (Wildman–Crippen LogP) is 0.381. The Morgan fingerprint density at radius 2 is 2.19 bits per heavy atom. The molecule has 1 aromatic carbocycles. The molecule has 1 amide bonds. The van der Waals surface area contributed by atoms with Crippen molar-refractivity contribution in [1.82, 2.24) is 18.4 Å². The molecule has 26 heavy (non-hydrogen) atoms. The first-order valence-corrected chi connectivity index (χ1v) is 10.2. The molecule has 1 saturated heterocycles. The number of methoxy groups -OCH3 is 1. The minimum atomic E-state index is -3.80. The minimum absolute atomic E-state index is 0.0588. The van der Waals surface area contributed by atoms with Gasteiger partial charge in [0.05, 0.1) is 24.8 Å². The first-order chi connectivity index (χ1) is 12.4. The van der Waals surface area contributed by atoms with E-state index in [1.165, 1.54) is 17.5 Å².